The van der Waals surface area contributed by atoms with Crippen molar-refractivity contribution >= 4 is 58.2 Å². The Balaban J connectivity index is 0.00000180. The first-order chi connectivity index (χ1) is 16.6. The highest BCUT2D eigenvalue weighted by Gasteiger charge is 2.20. The molecule has 0 saturated carbocycles. The summed E-state index contributed by atoms with van der Waals surface area (Å²) < 4.78 is 0. The summed E-state index contributed by atoms with van der Waals surface area (Å²) in [5.74, 6) is 0.842. The summed E-state index contributed by atoms with van der Waals surface area (Å²) in [6.45, 7) is 4.09. The van der Waals surface area contributed by atoms with Gasteiger partial charge in [0.1, 0.15) is 12.1 Å². The molecule has 0 atom stereocenters. The zero-order chi connectivity index (χ0) is 23.5. The highest BCUT2D eigenvalue weighted by atomic mass is 35.5. The van der Waals surface area contributed by atoms with Crippen LogP contribution >= 0.6 is 24.8 Å². The van der Waals surface area contributed by atoms with E-state index in [1.54, 1.807) is 6.07 Å². The lowest BCUT2D eigenvalue weighted by Crippen LogP contribution is -2.47. The van der Waals surface area contributed by atoms with Crippen LogP contribution in [-0.2, 0) is 6.42 Å². The number of likely N-dealkylation sites (N-methyl/N-ethyl adjacent to an activating group) is 1. The number of hydrogen-bond acceptors (Lipinski definition) is 6. The van der Waals surface area contributed by atoms with E-state index in [4.69, 9.17) is 0 Å². The minimum atomic E-state index is 0. The number of nitrogens with zero attached hydrogens (tertiary/aromatic N) is 5. The Morgan fingerprint density at radius 2 is 1.72 bits per heavy atom. The van der Waals surface area contributed by atoms with Gasteiger partial charge in [-0.2, -0.15) is 5.26 Å². The van der Waals surface area contributed by atoms with Gasteiger partial charge in [0.25, 0.3) is 5.91 Å². The number of anilines is 1. The van der Waals surface area contributed by atoms with Gasteiger partial charge in [-0.05, 0) is 60.1 Å². The third-order valence-corrected chi connectivity index (χ3v) is 6.41. The smallest absolute Gasteiger partial charge is 0.253 e. The van der Waals surface area contributed by atoms with Crippen LogP contribution in [0, 0.1) is 11.3 Å². The number of carbonyl (C=O) groups is 1. The van der Waals surface area contributed by atoms with Crippen LogP contribution in [0.15, 0.2) is 60.9 Å². The number of nitrogens with one attached hydrogen (secondary N) is 1. The predicted octanol–water partition coefficient (Wildman–Crippen LogP) is 4.54. The molecule has 3 aromatic carbocycles. The number of piperazine rings is 1. The lowest BCUT2D eigenvalue weighted by Gasteiger charge is -2.32. The summed E-state index contributed by atoms with van der Waals surface area (Å²) in [6, 6.07) is 19.9. The molecule has 1 aromatic heterocycles. The zero-order valence-electron chi connectivity index (χ0n) is 20.0. The van der Waals surface area contributed by atoms with Crippen molar-refractivity contribution in [3.63, 3.8) is 0 Å². The molecule has 186 valence electrons. The number of amides is 1. The fourth-order valence-corrected chi connectivity index (χ4v) is 4.37. The molecule has 4 aromatic rings. The first-order valence-corrected chi connectivity index (χ1v) is 11.5. The standard InChI is InChI=1S/C27H26N6O.2ClH/c1-32-10-12-33(13-11-32)27(34)23-6-5-21-14-19(2-4-22(21)16-23)8-9-29-26-24-15-20(17-28)3-7-25(24)30-18-31-26;;/h2-7,14-16,18H,8-13H2,1H3,(H,29,30,31);2*1H. The highest BCUT2D eigenvalue weighted by molar-refractivity contribution is 5.98. The van der Waals surface area contributed by atoms with E-state index in [2.05, 4.69) is 51.5 Å². The van der Waals surface area contributed by atoms with Crippen molar-refractivity contribution in [2.75, 3.05) is 45.1 Å². The maximum absolute atomic E-state index is 12.9. The van der Waals surface area contributed by atoms with Gasteiger partial charge in [-0.15, -0.1) is 24.8 Å². The highest BCUT2D eigenvalue weighted by Crippen LogP contribution is 2.22. The minimum absolute atomic E-state index is 0. The number of rotatable bonds is 5. The van der Waals surface area contributed by atoms with Gasteiger partial charge in [0.05, 0.1) is 17.1 Å². The molecule has 7 nitrogen and oxygen atoms in total. The average molecular weight is 523 g/mol. The molecule has 1 N–H and O–H groups in total. The van der Waals surface area contributed by atoms with Gasteiger partial charge in [-0.25, -0.2) is 9.97 Å². The maximum atomic E-state index is 12.9. The molecule has 0 spiro atoms. The van der Waals surface area contributed by atoms with Crippen molar-refractivity contribution in [2.24, 2.45) is 0 Å². The number of benzene rings is 3. The Kier molecular flexibility index (Phi) is 9.05. The third-order valence-electron chi connectivity index (χ3n) is 6.41. The van der Waals surface area contributed by atoms with Crippen LogP contribution < -0.4 is 5.32 Å². The Morgan fingerprint density at radius 3 is 2.50 bits per heavy atom. The van der Waals surface area contributed by atoms with Crippen LogP contribution in [0.2, 0.25) is 0 Å². The monoisotopic (exact) mass is 522 g/mol. The number of carbonyl (C=O) groups excluding carboxylic acids is 1. The largest absolute Gasteiger partial charge is 0.369 e. The van der Waals surface area contributed by atoms with E-state index >= 15 is 0 Å². The molecule has 0 radical (unpaired) electrons. The summed E-state index contributed by atoms with van der Waals surface area (Å²) in [6.07, 6.45) is 2.36. The number of aromatic nitrogens is 2. The molecule has 1 aliphatic rings. The van der Waals surface area contributed by atoms with Crippen molar-refractivity contribution in [1.82, 2.24) is 19.8 Å². The third kappa shape index (κ3) is 5.85. The molecule has 1 saturated heterocycles. The normalized spacial score (nSPS) is 13.5. The van der Waals surface area contributed by atoms with Gasteiger partial charge < -0.3 is 15.1 Å². The van der Waals surface area contributed by atoms with Crippen molar-refractivity contribution in [3.8, 4) is 6.07 Å². The van der Waals surface area contributed by atoms with E-state index in [1.165, 1.54) is 11.9 Å². The molecule has 36 heavy (non-hydrogen) atoms. The summed E-state index contributed by atoms with van der Waals surface area (Å²) in [5, 5.41) is 15.6. The molecular formula is C27H28Cl2N6O. The van der Waals surface area contributed by atoms with Crippen molar-refractivity contribution in [2.45, 2.75) is 6.42 Å². The van der Waals surface area contributed by atoms with E-state index < -0.39 is 0 Å². The predicted molar refractivity (Wildman–Crippen MR) is 148 cm³/mol. The van der Waals surface area contributed by atoms with Crippen molar-refractivity contribution < 1.29 is 4.79 Å². The molecule has 0 unspecified atom stereocenters. The fourth-order valence-electron chi connectivity index (χ4n) is 4.37. The van der Waals surface area contributed by atoms with Crippen LogP contribution in [0.3, 0.4) is 0 Å². The summed E-state index contributed by atoms with van der Waals surface area (Å²) in [4.78, 5) is 25.7. The van der Waals surface area contributed by atoms with Gasteiger partial charge in [-0.1, -0.05) is 24.3 Å². The van der Waals surface area contributed by atoms with Crippen LogP contribution in [0.25, 0.3) is 21.7 Å². The molecule has 1 aliphatic heterocycles. The summed E-state index contributed by atoms with van der Waals surface area (Å²) in [5.41, 5.74) is 3.35. The van der Waals surface area contributed by atoms with Crippen LogP contribution in [0.1, 0.15) is 21.5 Å². The first kappa shape index (κ1) is 27.2. The molecule has 1 fully saturated rings. The average Bonchev–Trinajstić information content (AvgIpc) is 2.88. The second kappa shape index (κ2) is 12.0. The maximum Gasteiger partial charge on any atom is 0.253 e. The van der Waals surface area contributed by atoms with E-state index in [0.29, 0.717) is 12.1 Å². The second-order valence-corrected chi connectivity index (χ2v) is 8.73. The van der Waals surface area contributed by atoms with Gasteiger partial charge in [0, 0.05) is 43.7 Å². The zero-order valence-corrected chi connectivity index (χ0v) is 21.6. The topological polar surface area (TPSA) is 85.2 Å². The molecule has 5 rings (SSSR count). The lowest BCUT2D eigenvalue weighted by atomic mass is 10.0. The molecule has 0 aliphatic carbocycles. The molecule has 2 heterocycles. The summed E-state index contributed by atoms with van der Waals surface area (Å²) in [7, 11) is 2.09. The van der Waals surface area contributed by atoms with E-state index in [9.17, 15) is 10.1 Å². The van der Waals surface area contributed by atoms with Crippen LogP contribution in [0.5, 0.6) is 0 Å². The molecular weight excluding hydrogens is 495 g/mol. The van der Waals surface area contributed by atoms with E-state index in [1.807, 2.05) is 35.2 Å². The number of hydrogen-bond donors (Lipinski definition) is 1. The molecule has 1 amide bonds. The van der Waals surface area contributed by atoms with Crippen molar-refractivity contribution in [1.29, 1.82) is 5.26 Å². The van der Waals surface area contributed by atoms with Gasteiger partial charge >= 0.3 is 0 Å². The number of nitriles is 1. The Bertz CT molecular complexity index is 1410. The number of fused-ring (bicyclic) bond motifs is 2. The Hall–Kier alpha value is -3.44. The second-order valence-electron chi connectivity index (χ2n) is 8.73. The van der Waals surface area contributed by atoms with Gasteiger partial charge in [-0.3, -0.25) is 4.79 Å². The quantitative estimate of drug-likeness (QED) is 0.414. The van der Waals surface area contributed by atoms with Crippen LogP contribution in [-0.4, -0.2) is 65.4 Å². The van der Waals surface area contributed by atoms with E-state index in [-0.39, 0.29) is 30.7 Å². The SMILES string of the molecule is CN1CCN(C(=O)c2ccc3cc(CCNc4ncnc5ccc(C#N)cc45)ccc3c2)CC1.Cl.Cl. The van der Waals surface area contributed by atoms with Gasteiger partial charge in [0.15, 0.2) is 0 Å². The Labute approximate surface area is 222 Å². The van der Waals surface area contributed by atoms with Crippen LogP contribution in [0.4, 0.5) is 5.82 Å². The van der Waals surface area contributed by atoms with Crippen molar-refractivity contribution in [3.05, 3.63) is 77.6 Å². The van der Waals surface area contributed by atoms with Gasteiger partial charge in [0.2, 0.25) is 0 Å². The number of halogens is 2. The minimum Gasteiger partial charge on any atom is -0.369 e. The fraction of sp³-hybridized carbons (Fsp3) is 0.259. The first-order valence-electron chi connectivity index (χ1n) is 11.5. The summed E-state index contributed by atoms with van der Waals surface area (Å²) >= 11 is 0. The molecule has 9 heteroatoms. The van der Waals surface area contributed by atoms with E-state index in [0.717, 1.165) is 65.7 Å². The molecule has 0 bridgehead atoms. The lowest BCUT2D eigenvalue weighted by molar-refractivity contribution is 0.0664. The Morgan fingerprint density at radius 1 is 0.972 bits per heavy atom.